The Bertz CT molecular complexity index is 615. The third-order valence-electron chi connectivity index (χ3n) is 2.97. The van der Waals surface area contributed by atoms with Crippen LogP contribution in [-0.4, -0.2) is 6.54 Å². The van der Waals surface area contributed by atoms with Gasteiger partial charge in [0.2, 0.25) is 0 Å². The molecule has 0 saturated heterocycles. The fourth-order valence-corrected chi connectivity index (χ4v) is 2.83. The Morgan fingerprint density at radius 1 is 1.10 bits per heavy atom. The molecular formula is C15H13Br2F2N. The summed E-state index contributed by atoms with van der Waals surface area (Å²) in [7, 11) is 0. The van der Waals surface area contributed by atoms with E-state index in [0.717, 1.165) is 4.47 Å². The number of halogens is 4. The van der Waals surface area contributed by atoms with Crippen molar-refractivity contribution in [1.29, 1.82) is 0 Å². The maximum absolute atomic E-state index is 14.3. The van der Waals surface area contributed by atoms with Gasteiger partial charge in [0.1, 0.15) is 11.6 Å². The van der Waals surface area contributed by atoms with Crippen LogP contribution >= 0.6 is 31.9 Å². The Hall–Kier alpha value is -0.780. The number of nitrogens with one attached hydrogen (secondary N) is 1. The summed E-state index contributed by atoms with van der Waals surface area (Å²) in [6, 6.07) is 9.16. The molecule has 0 aliphatic heterocycles. The second-order valence-corrected chi connectivity index (χ2v) is 6.07. The van der Waals surface area contributed by atoms with Crippen molar-refractivity contribution in [1.82, 2.24) is 5.32 Å². The fourth-order valence-electron chi connectivity index (χ4n) is 2.07. The number of hydrogen-bond donors (Lipinski definition) is 1. The summed E-state index contributed by atoms with van der Waals surface area (Å²) in [6.45, 7) is 2.50. The van der Waals surface area contributed by atoms with Crippen molar-refractivity contribution in [2.45, 2.75) is 13.0 Å². The van der Waals surface area contributed by atoms with Gasteiger partial charge in [-0.3, -0.25) is 0 Å². The molecule has 0 aromatic heterocycles. The average Bonchev–Trinajstić information content (AvgIpc) is 2.43. The molecule has 1 unspecified atom stereocenters. The summed E-state index contributed by atoms with van der Waals surface area (Å²) in [5, 5.41) is 3.13. The standard InChI is InChI=1S/C15H13Br2F2N/c1-2-20-15(10-4-3-5-12(17)14(10)19)11-8-9(16)6-7-13(11)18/h3-8,15,20H,2H2,1H3. The highest BCUT2D eigenvalue weighted by molar-refractivity contribution is 9.10. The highest BCUT2D eigenvalue weighted by Gasteiger charge is 2.21. The first-order valence-corrected chi connectivity index (χ1v) is 7.75. The van der Waals surface area contributed by atoms with E-state index in [2.05, 4.69) is 37.2 Å². The van der Waals surface area contributed by atoms with Gasteiger partial charge >= 0.3 is 0 Å². The van der Waals surface area contributed by atoms with Crippen molar-refractivity contribution >= 4 is 31.9 Å². The minimum Gasteiger partial charge on any atom is -0.306 e. The number of rotatable bonds is 4. The largest absolute Gasteiger partial charge is 0.306 e. The maximum atomic E-state index is 14.3. The van der Waals surface area contributed by atoms with Gasteiger partial charge in [0.05, 0.1) is 10.5 Å². The number of hydrogen-bond acceptors (Lipinski definition) is 1. The Kier molecular flexibility index (Phi) is 5.29. The SMILES string of the molecule is CCNC(c1cc(Br)ccc1F)c1cccc(Br)c1F. The second kappa shape index (κ2) is 6.78. The monoisotopic (exact) mass is 403 g/mol. The predicted molar refractivity (Wildman–Crippen MR) is 83.7 cm³/mol. The van der Waals surface area contributed by atoms with E-state index in [1.807, 2.05) is 6.92 Å². The van der Waals surface area contributed by atoms with Crippen LogP contribution in [0.5, 0.6) is 0 Å². The molecule has 0 heterocycles. The quantitative estimate of drug-likeness (QED) is 0.739. The van der Waals surface area contributed by atoms with Crippen LogP contribution in [0, 0.1) is 11.6 Å². The minimum atomic E-state index is -0.532. The summed E-state index contributed by atoms with van der Waals surface area (Å²) in [5.74, 6) is -0.739. The van der Waals surface area contributed by atoms with E-state index in [-0.39, 0.29) is 11.6 Å². The summed E-state index contributed by atoms with van der Waals surface area (Å²) in [6.07, 6.45) is 0. The minimum absolute atomic E-state index is 0.362. The molecular weight excluding hydrogens is 392 g/mol. The topological polar surface area (TPSA) is 12.0 Å². The lowest BCUT2D eigenvalue weighted by atomic mass is 9.97. The second-order valence-electron chi connectivity index (χ2n) is 4.30. The molecule has 1 atom stereocenters. The summed E-state index contributed by atoms with van der Waals surface area (Å²) < 4.78 is 29.5. The Labute approximate surface area is 133 Å². The molecule has 0 aliphatic rings. The van der Waals surface area contributed by atoms with Crippen LogP contribution in [0.2, 0.25) is 0 Å². The molecule has 2 rings (SSSR count). The van der Waals surface area contributed by atoms with E-state index in [0.29, 0.717) is 22.1 Å². The molecule has 0 spiro atoms. The van der Waals surface area contributed by atoms with Crippen molar-refractivity contribution < 1.29 is 8.78 Å². The van der Waals surface area contributed by atoms with Crippen molar-refractivity contribution in [2.24, 2.45) is 0 Å². The lowest BCUT2D eigenvalue weighted by Gasteiger charge is -2.21. The highest BCUT2D eigenvalue weighted by atomic mass is 79.9. The van der Waals surface area contributed by atoms with Gasteiger partial charge in [0.15, 0.2) is 0 Å². The molecule has 0 radical (unpaired) electrons. The van der Waals surface area contributed by atoms with Crippen LogP contribution < -0.4 is 5.32 Å². The summed E-state index contributed by atoms with van der Waals surface area (Å²) in [4.78, 5) is 0. The van der Waals surface area contributed by atoms with Gasteiger partial charge in [-0.15, -0.1) is 0 Å². The van der Waals surface area contributed by atoms with Crippen molar-refractivity contribution in [3.8, 4) is 0 Å². The van der Waals surface area contributed by atoms with Crippen LogP contribution in [0.25, 0.3) is 0 Å². The van der Waals surface area contributed by atoms with Crippen LogP contribution in [0.15, 0.2) is 45.3 Å². The van der Waals surface area contributed by atoms with E-state index in [9.17, 15) is 8.78 Å². The molecule has 0 saturated carbocycles. The molecule has 2 aromatic carbocycles. The molecule has 0 amide bonds. The van der Waals surface area contributed by atoms with Gasteiger partial charge < -0.3 is 5.32 Å². The molecule has 2 aromatic rings. The van der Waals surface area contributed by atoms with Crippen LogP contribution in [0.4, 0.5) is 8.78 Å². The molecule has 1 nitrogen and oxygen atoms in total. The first kappa shape index (κ1) is 15.6. The van der Waals surface area contributed by atoms with Crippen LogP contribution in [0.3, 0.4) is 0 Å². The van der Waals surface area contributed by atoms with Gasteiger partial charge in [-0.25, -0.2) is 8.78 Å². The van der Waals surface area contributed by atoms with Crippen LogP contribution in [-0.2, 0) is 0 Å². The maximum Gasteiger partial charge on any atom is 0.142 e. The Balaban J connectivity index is 2.56. The van der Waals surface area contributed by atoms with Gasteiger partial charge in [-0.1, -0.05) is 35.0 Å². The molecule has 106 valence electrons. The molecule has 1 N–H and O–H groups in total. The Morgan fingerprint density at radius 2 is 1.85 bits per heavy atom. The zero-order valence-corrected chi connectivity index (χ0v) is 13.9. The summed E-state index contributed by atoms with van der Waals surface area (Å²) in [5.41, 5.74) is 0.830. The normalized spacial score (nSPS) is 12.4. The van der Waals surface area contributed by atoms with Gasteiger partial charge in [0.25, 0.3) is 0 Å². The van der Waals surface area contributed by atoms with Gasteiger partial charge in [-0.2, -0.15) is 0 Å². The first-order valence-electron chi connectivity index (χ1n) is 6.16. The van der Waals surface area contributed by atoms with Gasteiger partial charge in [-0.05, 0) is 46.7 Å². The van der Waals surface area contributed by atoms with Crippen LogP contribution in [0.1, 0.15) is 24.1 Å². The average molecular weight is 405 g/mol. The lowest BCUT2D eigenvalue weighted by Crippen LogP contribution is -2.24. The number of benzene rings is 2. The van der Waals surface area contributed by atoms with Crippen molar-refractivity contribution in [2.75, 3.05) is 6.54 Å². The predicted octanol–water partition coefficient (Wildman–Crippen LogP) is 5.19. The molecule has 5 heteroatoms. The summed E-state index contributed by atoms with van der Waals surface area (Å²) >= 11 is 6.49. The highest BCUT2D eigenvalue weighted by Crippen LogP contribution is 2.31. The van der Waals surface area contributed by atoms with E-state index >= 15 is 0 Å². The van der Waals surface area contributed by atoms with E-state index < -0.39 is 6.04 Å². The zero-order chi connectivity index (χ0) is 14.7. The molecule has 0 aliphatic carbocycles. The molecule has 0 bridgehead atoms. The molecule has 0 fully saturated rings. The smallest absolute Gasteiger partial charge is 0.142 e. The van der Waals surface area contributed by atoms with Crippen molar-refractivity contribution in [3.05, 3.63) is 68.1 Å². The zero-order valence-electron chi connectivity index (χ0n) is 10.8. The van der Waals surface area contributed by atoms with Crippen molar-refractivity contribution in [3.63, 3.8) is 0 Å². The lowest BCUT2D eigenvalue weighted by molar-refractivity contribution is 0.528. The first-order chi connectivity index (χ1) is 9.54. The van der Waals surface area contributed by atoms with E-state index in [1.165, 1.54) is 6.07 Å². The van der Waals surface area contributed by atoms with Gasteiger partial charge in [0, 0.05) is 15.6 Å². The third kappa shape index (κ3) is 3.27. The third-order valence-corrected chi connectivity index (χ3v) is 4.08. The molecule has 20 heavy (non-hydrogen) atoms. The Morgan fingerprint density at radius 3 is 2.55 bits per heavy atom. The van der Waals surface area contributed by atoms with E-state index in [1.54, 1.807) is 30.3 Å². The van der Waals surface area contributed by atoms with E-state index in [4.69, 9.17) is 0 Å². The fraction of sp³-hybridized carbons (Fsp3) is 0.200.